The van der Waals surface area contributed by atoms with Crippen molar-refractivity contribution >= 4 is 29.1 Å². The second-order valence-corrected chi connectivity index (χ2v) is 7.32. The van der Waals surface area contributed by atoms with Crippen LogP contribution in [0, 0.1) is 13.8 Å². The maximum absolute atomic E-state index is 12.6. The normalized spacial score (nSPS) is 14.9. The van der Waals surface area contributed by atoms with Crippen LogP contribution in [0.15, 0.2) is 42.5 Å². The predicted octanol–water partition coefficient (Wildman–Crippen LogP) is 3.35. The molecule has 1 saturated heterocycles. The molecule has 27 heavy (non-hydrogen) atoms. The molecule has 0 atom stereocenters. The van der Waals surface area contributed by atoms with Gasteiger partial charge in [-0.1, -0.05) is 35.9 Å². The number of carbonyl (C=O) groups excluding carboxylic acids is 2. The van der Waals surface area contributed by atoms with Gasteiger partial charge >= 0.3 is 0 Å². The minimum Gasteiger partial charge on any atom is -0.336 e. The summed E-state index contributed by atoms with van der Waals surface area (Å²) in [7, 11) is 0. The van der Waals surface area contributed by atoms with E-state index in [9.17, 15) is 9.59 Å². The minimum atomic E-state index is -0.0555. The number of rotatable bonds is 4. The SMILES string of the molecule is Cc1ccc(C)c(NC(=O)CN2CCN(C(=O)c3ccccc3Cl)CC2)c1. The van der Waals surface area contributed by atoms with Crippen LogP contribution in [-0.2, 0) is 4.79 Å². The zero-order valence-corrected chi connectivity index (χ0v) is 16.4. The third-order valence-corrected chi connectivity index (χ3v) is 5.13. The van der Waals surface area contributed by atoms with Crippen molar-refractivity contribution in [3.8, 4) is 0 Å². The van der Waals surface area contributed by atoms with E-state index in [1.165, 1.54) is 0 Å². The van der Waals surface area contributed by atoms with E-state index in [4.69, 9.17) is 11.6 Å². The van der Waals surface area contributed by atoms with Crippen LogP contribution in [0.4, 0.5) is 5.69 Å². The number of anilines is 1. The number of hydrogen-bond donors (Lipinski definition) is 1. The van der Waals surface area contributed by atoms with Gasteiger partial charge in [0.15, 0.2) is 0 Å². The average molecular weight is 386 g/mol. The molecule has 5 nitrogen and oxygen atoms in total. The lowest BCUT2D eigenvalue weighted by atomic mass is 10.1. The molecule has 142 valence electrons. The molecule has 3 rings (SSSR count). The fraction of sp³-hybridized carbons (Fsp3) is 0.333. The van der Waals surface area contributed by atoms with Crippen LogP contribution in [0.1, 0.15) is 21.5 Å². The molecule has 6 heteroatoms. The molecule has 1 N–H and O–H groups in total. The molecule has 1 aliphatic heterocycles. The van der Waals surface area contributed by atoms with E-state index in [0.717, 1.165) is 16.8 Å². The van der Waals surface area contributed by atoms with Gasteiger partial charge in [0.25, 0.3) is 5.91 Å². The number of benzene rings is 2. The first-order chi connectivity index (χ1) is 12.9. The van der Waals surface area contributed by atoms with E-state index < -0.39 is 0 Å². The van der Waals surface area contributed by atoms with Crippen LogP contribution < -0.4 is 5.32 Å². The fourth-order valence-corrected chi connectivity index (χ4v) is 3.39. The molecule has 2 aromatic rings. The fourth-order valence-electron chi connectivity index (χ4n) is 3.18. The molecule has 0 aromatic heterocycles. The molecule has 0 unspecified atom stereocenters. The van der Waals surface area contributed by atoms with Crippen LogP contribution in [0.2, 0.25) is 5.02 Å². The number of piperazine rings is 1. The summed E-state index contributed by atoms with van der Waals surface area (Å²) in [5, 5.41) is 3.46. The van der Waals surface area contributed by atoms with Crippen molar-refractivity contribution in [3.05, 3.63) is 64.2 Å². The standard InChI is InChI=1S/C21H24ClN3O2/c1-15-7-8-16(2)19(13-15)23-20(26)14-24-9-11-25(12-10-24)21(27)17-5-3-4-6-18(17)22/h3-8,13H,9-12,14H2,1-2H3,(H,23,26). The molecule has 0 radical (unpaired) electrons. The molecule has 0 aliphatic carbocycles. The van der Waals surface area contributed by atoms with E-state index in [1.807, 2.05) is 44.2 Å². The lowest BCUT2D eigenvalue weighted by Crippen LogP contribution is -2.50. The Kier molecular flexibility index (Phi) is 6.14. The number of amides is 2. The van der Waals surface area contributed by atoms with Crippen molar-refractivity contribution in [2.45, 2.75) is 13.8 Å². The van der Waals surface area contributed by atoms with Gasteiger partial charge in [-0.3, -0.25) is 14.5 Å². The third-order valence-electron chi connectivity index (χ3n) is 4.80. The van der Waals surface area contributed by atoms with E-state index >= 15 is 0 Å². The zero-order chi connectivity index (χ0) is 19.4. The Morgan fingerprint density at radius 2 is 1.74 bits per heavy atom. The average Bonchev–Trinajstić information content (AvgIpc) is 2.65. The maximum atomic E-state index is 12.6. The van der Waals surface area contributed by atoms with Crippen molar-refractivity contribution in [1.82, 2.24) is 9.80 Å². The molecule has 1 heterocycles. The summed E-state index contributed by atoms with van der Waals surface area (Å²) in [4.78, 5) is 28.8. The Labute approximate surface area is 164 Å². The maximum Gasteiger partial charge on any atom is 0.255 e. The van der Waals surface area contributed by atoms with Crippen molar-refractivity contribution in [3.63, 3.8) is 0 Å². The monoisotopic (exact) mass is 385 g/mol. The Bertz CT molecular complexity index is 845. The highest BCUT2D eigenvalue weighted by Crippen LogP contribution is 2.19. The smallest absolute Gasteiger partial charge is 0.255 e. The van der Waals surface area contributed by atoms with Gasteiger partial charge in [-0.2, -0.15) is 0 Å². The quantitative estimate of drug-likeness (QED) is 0.878. The molecule has 1 aliphatic rings. The molecule has 0 saturated carbocycles. The number of hydrogen-bond acceptors (Lipinski definition) is 3. The summed E-state index contributed by atoms with van der Waals surface area (Å²) in [6.45, 7) is 6.80. The van der Waals surface area contributed by atoms with Crippen LogP contribution in [0.25, 0.3) is 0 Å². The van der Waals surface area contributed by atoms with Gasteiger partial charge in [-0.05, 0) is 43.2 Å². The van der Waals surface area contributed by atoms with Crippen LogP contribution in [-0.4, -0.2) is 54.3 Å². The molecular formula is C21H24ClN3O2. The first-order valence-corrected chi connectivity index (χ1v) is 9.45. The lowest BCUT2D eigenvalue weighted by molar-refractivity contribution is -0.117. The van der Waals surface area contributed by atoms with Gasteiger partial charge in [0, 0.05) is 31.9 Å². The number of carbonyl (C=O) groups is 2. The Morgan fingerprint density at radius 1 is 1.04 bits per heavy atom. The Morgan fingerprint density at radius 3 is 2.44 bits per heavy atom. The number of aryl methyl sites for hydroxylation is 2. The molecular weight excluding hydrogens is 362 g/mol. The largest absolute Gasteiger partial charge is 0.336 e. The first-order valence-electron chi connectivity index (χ1n) is 9.07. The Hall–Kier alpha value is -2.37. The minimum absolute atomic E-state index is 0.0328. The van der Waals surface area contributed by atoms with Crippen LogP contribution >= 0.6 is 11.6 Å². The summed E-state index contributed by atoms with van der Waals surface area (Å²) in [6.07, 6.45) is 0. The summed E-state index contributed by atoms with van der Waals surface area (Å²) < 4.78 is 0. The molecule has 2 aromatic carbocycles. The lowest BCUT2D eigenvalue weighted by Gasteiger charge is -2.34. The number of nitrogens with zero attached hydrogens (tertiary/aromatic N) is 2. The second kappa shape index (κ2) is 8.55. The highest BCUT2D eigenvalue weighted by Gasteiger charge is 2.24. The van der Waals surface area contributed by atoms with Gasteiger partial charge < -0.3 is 10.2 Å². The summed E-state index contributed by atoms with van der Waals surface area (Å²) in [5.74, 6) is -0.0883. The highest BCUT2D eigenvalue weighted by molar-refractivity contribution is 6.33. The van der Waals surface area contributed by atoms with Crippen LogP contribution in [0.5, 0.6) is 0 Å². The zero-order valence-electron chi connectivity index (χ0n) is 15.7. The van der Waals surface area contributed by atoms with Gasteiger partial charge in [0.2, 0.25) is 5.91 Å². The van der Waals surface area contributed by atoms with E-state index in [-0.39, 0.29) is 11.8 Å². The van der Waals surface area contributed by atoms with Crippen molar-refractivity contribution in [2.75, 3.05) is 38.0 Å². The van der Waals surface area contributed by atoms with Gasteiger partial charge in [-0.25, -0.2) is 0 Å². The van der Waals surface area contributed by atoms with E-state index in [1.54, 1.807) is 17.0 Å². The molecule has 1 fully saturated rings. The van der Waals surface area contributed by atoms with Gasteiger partial charge in [0.1, 0.15) is 0 Å². The highest BCUT2D eigenvalue weighted by atomic mass is 35.5. The summed E-state index contributed by atoms with van der Waals surface area (Å²) in [5.41, 5.74) is 3.54. The van der Waals surface area contributed by atoms with Crippen molar-refractivity contribution < 1.29 is 9.59 Å². The second-order valence-electron chi connectivity index (χ2n) is 6.91. The number of halogens is 1. The molecule has 0 bridgehead atoms. The van der Waals surface area contributed by atoms with Gasteiger partial charge in [-0.15, -0.1) is 0 Å². The van der Waals surface area contributed by atoms with Crippen LogP contribution in [0.3, 0.4) is 0 Å². The Balaban J connectivity index is 1.52. The molecule has 0 spiro atoms. The van der Waals surface area contributed by atoms with E-state index in [2.05, 4.69) is 10.2 Å². The molecule has 2 amide bonds. The van der Waals surface area contributed by atoms with E-state index in [0.29, 0.717) is 43.3 Å². The van der Waals surface area contributed by atoms with Gasteiger partial charge in [0.05, 0.1) is 17.1 Å². The predicted molar refractivity (Wildman–Crippen MR) is 108 cm³/mol. The van der Waals surface area contributed by atoms with Crippen molar-refractivity contribution in [2.24, 2.45) is 0 Å². The van der Waals surface area contributed by atoms with Crippen molar-refractivity contribution in [1.29, 1.82) is 0 Å². The third kappa shape index (κ3) is 4.87. The topological polar surface area (TPSA) is 52.7 Å². The summed E-state index contributed by atoms with van der Waals surface area (Å²) in [6, 6.07) is 13.1. The number of nitrogens with one attached hydrogen (secondary N) is 1. The first kappa shape index (κ1) is 19.4. The summed E-state index contributed by atoms with van der Waals surface area (Å²) >= 11 is 6.13.